The number of rotatable bonds is 14. The molecule has 11 heteroatoms. The van der Waals surface area contributed by atoms with E-state index in [1.807, 2.05) is 67.0 Å². The van der Waals surface area contributed by atoms with Crippen LogP contribution in [0.1, 0.15) is 24.5 Å². The van der Waals surface area contributed by atoms with Crippen LogP contribution in [0.25, 0.3) is 10.9 Å². The van der Waals surface area contributed by atoms with Gasteiger partial charge in [0.15, 0.2) is 0 Å². The molecule has 0 saturated carbocycles. The number of benzene rings is 2. The minimum Gasteiger partial charge on any atom is -0.480 e. The number of aromatic amines is 1. The van der Waals surface area contributed by atoms with E-state index in [4.69, 9.17) is 5.73 Å². The quantitative estimate of drug-likeness (QED) is 0.176. The van der Waals surface area contributed by atoms with Crippen molar-refractivity contribution in [3.8, 4) is 0 Å². The lowest BCUT2D eigenvalue weighted by Gasteiger charge is -2.25. The summed E-state index contributed by atoms with van der Waals surface area (Å²) in [6.45, 7) is 1.35. The molecule has 1 heterocycles. The number of amides is 3. The van der Waals surface area contributed by atoms with Crippen molar-refractivity contribution in [2.45, 2.75) is 50.4 Å². The van der Waals surface area contributed by atoms with E-state index in [0.29, 0.717) is 12.2 Å². The van der Waals surface area contributed by atoms with E-state index in [0.717, 1.165) is 22.0 Å². The zero-order valence-corrected chi connectivity index (χ0v) is 22.8. The maximum atomic E-state index is 13.3. The summed E-state index contributed by atoms with van der Waals surface area (Å²) in [4.78, 5) is 53.8. The molecule has 208 valence electrons. The largest absolute Gasteiger partial charge is 0.480 e. The van der Waals surface area contributed by atoms with Gasteiger partial charge in [-0.1, -0.05) is 48.5 Å². The van der Waals surface area contributed by atoms with Crippen molar-refractivity contribution in [1.29, 1.82) is 0 Å². The fraction of sp³-hybridized carbons (Fsp3) is 0.357. The highest BCUT2D eigenvalue weighted by molar-refractivity contribution is 7.98. The van der Waals surface area contributed by atoms with E-state index in [2.05, 4.69) is 20.9 Å². The van der Waals surface area contributed by atoms with Crippen molar-refractivity contribution in [3.63, 3.8) is 0 Å². The molecular formula is C28H35N5O5S. The van der Waals surface area contributed by atoms with Gasteiger partial charge in [-0.25, -0.2) is 0 Å². The number of hydrogen-bond acceptors (Lipinski definition) is 6. The van der Waals surface area contributed by atoms with E-state index in [1.54, 1.807) is 0 Å². The molecule has 0 radical (unpaired) electrons. The molecule has 0 saturated heterocycles. The number of nitrogens with one attached hydrogen (secondary N) is 4. The smallest absolute Gasteiger partial charge is 0.325 e. The van der Waals surface area contributed by atoms with E-state index in [9.17, 15) is 24.3 Å². The summed E-state index contributed by atoms with van der Waals surface area (Å²) in [6.07, 6.45) is 4.45. The predicted octanol–water partition coefficient (Wildman–Crippen LogP) is 1.59. The Morgan fingerprint density at radius 1 is 0.897 bits per heavy atom. The number of H-pyrrole nitrogens is 1. The third-order valence-corrected chi connectivity index (χ3v) is 6.98. The van der Waals surface area contributed by atoms with Crippen LogP contribution in [0.15, 0.2) is 60.8 Å². The van der Waals surface area contributed by atoms with E-state index >= 15 is 0 Å². The van der Waals surface area contributed by atoms with Crippen LogP contribution in [0.3, 0.4) is 0 Å². The number of para-hydroxylation sites is 1. The average Bonchev–Trinajstić information content (AvgIpc) is 3.33. The van der Waals surface area contributed by atoms with Gasteiger partial charge in [-0.15, -0.1) is 0 Å². The Balaban J connectivity index is 1.71. The molecule has 3 rings (SSSR count). The topological polar surface area (TPSA) is 166 Å². The van der Waals surface area contributed by atoms with Gasteiger partial charge in [0.25, 0.3) is 0 Å². The van der Waals surface area contributed by atoms with E-state index in [-0.39, 0.29) is 12.8 Å². The molecule has 0 spiro atoms. The van der Waals surface area contributed by atoms with Crippen LogP contribution in [-0.4, -0.2) is 70.0 Å². The Hall–Kier alpha value is -3.83. The van der Waals surface area contributed by atoms with Gasteiger partial charge in [0.2, 0.25) is 17.7 Å². The second-order valence-electron chi connectivity index (χ2n) is 9.33. The number of carboxylic acids is 1. The molecule has 3 amide bonds. The van der Waals surface area contributed by atoms with Crippen molar-refractivity contribution in [1.82, 2.24) is 20.9 Å². The van der Waals surface area contributed by atoms with Crippen molar-refractivity contribution in [2.24, 2.45) is 5.73 Å². The molecule has 10 nitrogen and oxygen atoms in total. The van der Waals surface area contributed by atoms with Crippen molar-refractivity contribution < 1.29 is 24.3 Å². The lowest BCUT2D eigenvalue weighted by Crippen LogP contribution is -2.57. The van der Waals surface area contributed by atoms with Gasteiger partial charge in [0.05, 0.1) is 6.04 Å². The number of thioether (sulfide) groups is 1. The van der Waals surface area contributed by atoms with Gasteiger partial charge in [0.1, 0.15) is 18.1 Å². The molecule has 3 aromatic rings. The molecular weight excluding hydrogens is 518 g/mol. The molecule has 0 aliphatic rings. The lowest BCUT2D eigenvalue weighted by molar-refractivity contribution is -0.141. The highest BCUT2D eigenvalue weighted by Crippen LogP contribution is 2.19. The Kier molecular flexibility index (Phi) is 10.9. The second-order valence-corrected chi connectivity index (χ2v) is 10.3. The summed E-state index contributed by atoms with van der Waals surface area (Å²) < 4.78 is 0. The minimum absolute atomic E-state index is 0.147. The number of fused-ring (bicyclic) bond motifs is 1. The predicted molar refractivity (Wildman–Crippen MR) is 152 cm³/mol. The van der Waals surface area contributed by atoms with Gasteiger partial charge in [0, 0.05) is 23.5 Å². The number of aliphatic carboxylic acids is 1. The standard InChI is InChI=1S/C28H35N5O5S/c1-17(28(37)38)31-27(36)24(14-18-8-4-3-5-9-18)33-26(35)23(12-13-39-2)32-25(34)21(29)15-19-16-30-22-11-7-6-10-20(19)22/h3-11,16-17,21,23-24,30H,12-15,29H2,1-2H3,(H,31,36)(H,32,34)(H,33,35)(H,37,38). The van der Waals surface area contributed by atoms with Gasteiger partial charge in [-0.05, 0) is 49.0 Å². The van der Waals surface area contributed by atoms with Gasteiger partial charge >= 0.3 is 5.97 Å². The average molecular weight is 554 g/mol. The molecule has 2 aromatic carbocycles. The van der Waals surface area contributed by atoms with Crippen LogP contribution in [0, 0.1) is 0 Å². The Labute approximate surface area is 231 Å². The highest BCUT2D eigenvalue weighted by atomic mass is 32.2. The fourth-order valence-corrected chi connectivity index (χ4v) is 4.59. The molecule has 0 bridgehead atoms. The van der Waals surface area contributed by atoms with Crippen LogP contribution in [0.4, 0.5) is 0 Å². The summed E-state index contributed by atoms with van der Waals surface area (Å²) in [5, 5.41) is 18.1. The number of hydrogen-bond donors (Lipinski definition) is 6. The van der Waals surface area contributed by atoms with Crippen LogP contribution in [-0.2, 0) is 32.0 Å². The first-order chi connectivity index (χ1) is 18.7. The highest BCUT2D eigenvalue weighted by Gasteiger charge is 2.29. The first kappa shape index (κ1) is 29.7. The summed E-state index contributed by atoms with van der Waals surface area (Å²) in [5.41, 5.74) is 8.85. The summed E-state index contributed by atoms with van der Waals surface area (Å²) in [6, 6.07) is 12.8. The third-order valence-electron chi connectivity index (χ3n) is 6.34. The van der Waals surface area contributed by atoms with Crippen LogP contribution in [0.2, 0.25) is 0 Å². The van der Waals surface area contributed by atoms with Crippen LogP contribution >= 0.6 is 11.8 Å². The number of carboxylic acid groups (broad SMARTS) is 1. The number of nitrogens with two attached hydrogens (primary N) is 1. The molecule has 4 atom stereocenters. The molecule has 0 aliphatic heterocycles. The van der Waals surface area contributed by atoms with E-state index in [1.165, 1.54) is 18.7 Å². The molecule has 7 N–H and O–H groups in total. The Morgan fingerprint density at radius 2 is 1.54 bits per heavy atom. The van der Waals surface area contributed by atoms with Gasteiger partial charge < -0.3 is 31.8 Å². The number of carbonyl (C=O) groups is 4. The van der Waals surface area contributed by atoms with Crippen molar-refractivity contribution >= 4 is 46.4 Å². The maximum Gasteiger partial charge on any atom is 0.325 e. The summed E-state index contributed by atoms with van der Waals surface area (Å²) >= 11 is 1.52. The van der Waals surface area contributed by atoms with Crippen molar-refractivity contribution in [3.05, 3.63) is 71.9 Å². The number of aromatic nitrogens is 1. The molecule has 1 aromatic heterocycles. The summed E-state index contributed by atoms with van der Waals surface area (Å²) in [5.74, 6) is -2.27. The second kappa shape index (κ2) is 14.4. The van der Waals surface area contributed by atoms with E-state index < -0.39 is 47.9 Å². The number of carbonyl (C=O) groups excluding carboxylic acids is 3. The summed E-state index contributed by atoms with van der Waals surface area (Å²) in [7, 11) is 0. The Morgan fingerprint density at radius 3 is 2.23 bits per heavy atom. The molecule has 0 aliphatic carbocycles. The van der Waals surface area contributed by atoms with Crippen LogP contribution < -0.4 is 21.7 Å². The van der Waals surface area contributed by atoms with Crippen LogP contribution in [0.5, 0.6) is 0 Å². The van der Waals surface area contributed by atoms with Crippen molar-refractivity contribution in [2.75, 3.05) is 12.0 Å². The van der Waals surface area contributed by atoms with Gasteiger partial charge in [-0.2, -0.15) is 11.8 Å². The first-order valence-electron chi connectivity index (χ1n) is 12.7. The first-order valence-corrected chi connectivity index (χ1v) is 14.1. The zero-order chi connectivity index (χ0) is 28.4. The zero-order valence-electron chi connectivity index (χ0n) is 22.0. The van der Waals surface area contributed by atoms with Gasteiger partial charge in [-0.3, -0.25) is 19.2 Å². The molecule has 39 heavy (non-hydrogen) atoms. The monoisotopic (exact) mass is 553 g/mol. The third kappa shape index (κ3) is 8.59. The lowest BCUT2D eigenvalue weighted by atomic mass is 10.0. The SMILES string of the molecule is CSCCC(NC(=O)C(N)Cc1c[nH]c2ccccc12)C(=O)NC(Cc1ccccc1)C(=O)NC(C)C(=O)O. The molecule has 0 fully saturated rings. The normalized spacial score (nSPS) is 14.1. The minimum atomic E-state index is -1.19. The maximum absolute atomic E-state index is 13.3. The fourth-order valence-electron chi connectivity index (χ4n) is 4.12. The molecule has 4 unspecified atom stereocenters. The Bertz CT molecular complexity index is 1280.